The number of nitrogens with zero attached hydrogens (tertiary/aromatic N) is 2. The molecule has 0 unspecified atom stereocenters. The fourth-order valence-electron chi connectivity index (χ4n) is 3.03. The van der Waals surface area contributed by atoms with E-state index >= 15 is 0 Å². The molecule has 1 aromatic heterocycles. The minimum Gasteiger partial charge on any atom is -0.340 e. The molecule has 1 heterocycles. The Morgan fingerprint density at radius 2 is 1.33 bits per heavy atom. The van der Waals surface area contributed by atoms with Crippen molar-refractivity contribution in [2.24, 2.45) is 0 Å². The normalized spacial score (nSPS) is 10.3. The molecule has 0 spiro atoms. The average molecular weight is 412 g/mol. The molecule has 0 aliphatic rings. The van der Waals surface area contributed by atoms with E-state index in [-0.39, 0.29) is 0 Å². The van der Waals surface area contributed by atoms with Crippen molar-refractivity contribution in [3.05, 3.63) is 96.8 Å². The molecule has 0 fully saturated rings. The van der Waals surface area contributed by atoms with Gasteiger partial charge in [0, 0.05) is 28.7 Å². The highest BCUT2D eigenvalue weighted by molar-refractivity contribution is 7.80. The van der Waals surface area contributed by atoms with E-state index in [0.29, 0.717) is 10.9 Å². The number of rotatable bonds is 5. The molecule has 0 bridgehead atoms. The van der Waals surface area contributed by atoms with Crippen molar-refractivity contribution in [3.63, 3.8) is 0 Å². The molecule has 0 radical (unpaired) electrons. The molecule has 0 saturated carbocycles. The minimum absolute atomic E-state index is 0.530. The summed E-state index contributed by atoms with van der Waals surface area (Å²) < 4.78 is 0. The summed E-state index contributed by atoms with van der Waals surface area (Å²) >= 11 is 5.42. The highest BCUT2D eigenvalue weighted by atomic mass is 32.1. The summed E-state index contributed by atoms with van der Waals surface area (Å²) in [6.45, 7) is 1.89. The van der Waals surface area contributed by atoms with Crippen LogP contribution in [0.15, 0.2) is 91.0 Å². The van der Waals surface area contributed by atoms with Gasteiger partial charge in [0.1, 0.15) is 11.6 Å². The van der Waals surface area contributed by atoms with E-state index in [2.05, 4.69) is 25.9 Å². The van der Waals surface area contributed by atoms with Crippen molar-refractivity contribution in [1.82, 2.24) is 9.97 Å². The van der Waals surface area contributed by atoms with Crippen LogP contribution < -0.4 is 16.0 Å². The molecule has 6 heteroatoms. The monoisotopic (exact) mass is 411 g/mol. The first kappa shape index (κ1) is 19.5. The van der Waals surface area contributed by atoms with E-state index in [0.717, 1.165) is 34.1 Å². The molecule has 0 atom stereocenters. The Labute approximate surface area is 181 Å². The topological polar surface area (TPSA) is 61.9 Å². The van der Waals surface area contributed by atoms with Crippen LogP contribution in [0.2, 0.25) is 0 Å². The van der Waals surface area contributed by atoms with Crippen LogP contribution in [0.3, 0.4) is 0 Å². The van der Waals surface area contributed by atoms with Crippen LogP contribution >= 0.6 is 12.2 Å². The molecule has 4 rings (SSSR count). The summed E-state index contributed by atoms with van der Waals surface area (Å²) in [6, 6.07) is 29.7. The number of hydrogen-bond acceptors (Lipinski definition) is 4. The van der Waals surface area contributed by atoms with Gasteiger partial charge in [0.05, 0.1) is 5.69 Å². The molecular weight excluding hydrogens is 390 g/mol. The number of hydrogen-bond donors (Lipinski definition) is 3. The lowest BCUT2D eigenvalue weighted by atomic mass is 10.1. The van der Waals surface area contributed by atoms with E-state index in [9.17, 15) is 0 Å². The third kappa shape index (κ3) is 5.18. The predicted octanol–water partition coefficient (Wildman–Crippen LogP) is 6.00. The third-order valence-corrected chi connectivity index (χ3v) is 4.54. The Morgan fingerprint density at radius 3 is 2.10 bits per heavy atom. The second-order valence-corrected chi connectivity index (χ2v) is 7.11. The predicted molar refractivity (Wildman–Crippen MR) is 128 cm³/mol. The summed E-state index contributed by atoms with van der Waals surface area (Å²) in [6.07, 6.45) is 0. The lowest BCUT2D eigenvalue weighted by Gasteiger charge is -2.13. The van der Waals surface area contributed by atoms with Gasteiger partial charge in [0.25, 0.3) is 0 Å². The van der Waals surface area contributed by atoms with Gasteiger partial charge < -0.3 is 16.0 Å². The Morgan fingerprint density at radius 1 is 0.700 bits per heavy atom. The molecule has 0 amide bonds. The largest absolute Gasteiger partial charge is 0.340 e. The maximum absolute atomic E-state index is 5.42. The van der Waals surface area contributed by atoms with Gasteiger partial charge in [-0.2, -0.15) is 0 Å². The Bertz CT molecular complexity index is 1150. The molecule has 148 valence electrons. The average Bonchev–Trinajstić information content (AvgIpc) is 2.75. The zero-order valence-electron chi connectivity index (χ0n) is 16.5. The second kappa shape index (κ2) is 9.15. The number of thiocarbonyl (C=S) groups is 1. The van der Waals surface area contributed by atoms with Crippen LogP contribution in [0, 0.1) is 6.92 Å². The summed E-state index contributed by atoms with van der Waals surface area (Å²) in [4.78, 5) is 9.07. The fourth-order valence-corrected chi connectivity index (χ4v) is 3.26. The molecule has 5 nitrogen and oxygen atoms in total. The fraction of sp³-hybridized carbons (Fsp3) is 0.0417. The van der Waals surface area contributed by atoms with E-state index in [4.69, 9.17) is 12.2 Å². The van der Waals surface area contributed by atoms with Crippen molar-refractivity contribution < 1.29 is 0 Å². The Hall–Kier alpha value is -3.77. The summed E-state index contributed by atoms with van der Waals surface area (Å²) in [7, 11) is 0. The van der Waals surface area contributed by atoms with E-state index in [1.54, 1.807) is 0 Å². The molecule has 3 N–H and O–H groups in total. The van der Waals surface area contributed by atoms with Gasteiger partial charge in [-0.1, -0.05) is 54.6 Å². The molecule has 4 aromatic rings. The summed E-state index contributed by atoms with van der Waals surface area (Å²) in [5, 5.41) is 10.3. The minimum atomic E-state index is 0.530. The van der Waals surface area contributed by atoms with Crippen LogP contribution in [-0.4, -0.2) is 15.1 Å². The van der Waals surface area contributed by atoms with Gasteiger partial charge in [-0.15, -0.1) is 0 Å². The highest BCUT2D eigenvalue weighted by Gasteiger charge is 2.06. The molecule has 0 aliphatic carbocycles. The van der Waals surface area contributed by atoms with Crippen LogP contribution in [0.25, 0.3) is 11.3 Å². The van der Waals surface area contributed by atoms with E-state index in [1.165, 1.54) is 0 Å². The van der Waals surface area contributed by atoms with Crippen molar-refractivity contribution in [1.29, 1.82) is 0 Å². The van der Waals surface area contributed by atoms with Crippen molar-refractivity contribution >= 4 is 40.2 Å². The summed E-state index contributed by atoms with van der Waals surface area (Å²) in [5.74, 6) is 1.45. The zero-order chi connectivity index (χ0) is 20.8. The number of aryl methyl sites for hydroxylation is 1. The standard InChI is InChI=1S/C24H21N5S/c1-17-25-22(18-9-4-2-5-10-18)16-23(26-17)27-20-13-8-14-21(15-20)29-24(30)28-19-11-6-3-7-12-19/h2-16H,1H3,(H,25,26,27)(H2,28,29,30). The second-order valence-electron chi connectivity index (χ2n) is 6.70. The Kier molecular flexibility index (Phi) is 5.96. The van der Waals surface area contributed by atoms with Gasteiger partial charge >= 0.3 is 0 Å². The first-order valence-electron chi connectivity index (χ1n) is 9.57. The number of aromatic nitrogens is 2. The van der Waals surface area contributed by atoms with Crippen LogP contribution in [0.5, 0.6) is 0 Å². The SMILES string of the molecule is Cc1nc(Nc2cccc(NC(=S)Nc3ccccc3)c2)cc(-c2ccccc2)n1. The molecular formula is C24H21N5S. The quantitative estimate of drug-likeness (QED) is 0.350. The lowest BCUT2D eigenvalue weighted by Crippen LogP contribution is -2.18. The molecule has 0 saturated heterocycles. The highest BCUT2D eigenvalue weighted by Crippen LogP contribution is 2.23. The smallest absolute Gasteiger partial charge is 0.175 e. The van der Waals surface area contributed by atoms with Crippen LogP contribution in [-0.2, 0) is 0 Å². The van der Waals surface area contributed by atoms with Gasteiger partial charge in [0.15, 0.2) is 5.11 Å². The van der Waals surface area contributed by atoms with Crippen molar-refractivity contribution in [3.8, 4) is 11.3 Å². The van der Waals surface area contributed by atoms with Gasteiger partial charge in [-0.3, -0.25) is 0 Å². The number of anilines is 4. The van der Waals surface area contributed by atoms with Gasteiger partial charge in [-0.05, 0) is 49.5 Å². The van der Waals surface area contributed by atoms with Gasteiger partial charge in [0.2, 0.25) is 0 Å². The van der Waals surface area contributed by atoms with Crippen molar-refractivity contribution in [2.75, 3.05) is 16.0 Å². The van der Waals surface area contributed by atoms with Crippen LogP contribution in [0.4, 0.5) is 22.9 Å². The number of para-hydroxylation sites is 1. The lowest BCUT2D eigenvalue weighted by molar-refractivity contribution is 1.06. The first-order valence-corrected chi connectivity index (χ1v) is 9.98. The first-order chi connectivity index (χ1) is 14.7. The van der Waals surface area contributed by atoms with E-state index in [1.807, 2.05) is 97.9 Å². The maximum Gasteiger partial charge on any atom is 0.175 e. The zero-order valence-corrected chi connectivity index (χ0v) is 17.3. The van der Waals surface area contributed by atoms with Gasteiger partial charge in [-0.25, -0.2) is 9.97 Å². The van der Waals surface area contributed by atoms with E-state index < -0.39 is 0 Å². The molecule has 30 heavy (non-hydrogen) atoms. The maximum atomic E-state index is 5.42. The molecule has 3 aromatic carbocycles. The number of nitrogens with one attached hydrogen (secondary N) is 3. The third-order valence-electron chi connectivity index (χ3n) is 4.33. The molecule has 0 aliphatic heterocycles. The Balaban J connectivity index is 1.48. The number of benzene rings is 3. The summed E-state index contributed by atoms with van der Waals surface area (Å²) in [5.41, 5.74) is 4.66. The van der Waals surface area contributed by atoms with Crippen molar-refractivity contribution in [2.45, 2.75) is 6.92 Å². The van der Waals surface area contributed by atoms with Crippen LogP contribution in [0.1, 0.15) is 5.82 Å².